The molecular weight excluding hydrogens is 459 g/mol. The second-order valence-electron chi connectivity index (χ2n) is 8.17. The van der Waals surface area contributed by atoms with E-state index in [4.69, 9.17) is 16.3 Å². The molecule has 0 bridgehead atoms. The zero-order chi connectivity index (χ0) is 23.8. The van der Waals surface area contributed by atoms with Gasteiger partial charge in [-0.25, -0.2) is 14.1 Å². The van der Waals surface area contributed by atoms with Crippen LogP contribution in [0.2, 0.25) is 5.02 Å². The van der Waals surface area contributed by atoms with Gasteiger partial charge in [-0.1, -0.05) is 22.9 Å². The highest BCUT2D eigenvalue weighted by Crippen LogP contribution is 2.35. The van der Waals surface area contributed by atoms with Crippen LogP contribution < -0.4 is 10.1 Å². The summed E-state index contributed by atoms with van der Waals surface area (Å²) in [4.78, 5) is 17.3. The first kappa shape index (κ1) is 22.1. The van der Waals surface area contributed by atoms with Gasteiger partial charge >= 0.3 is 0 Å². The number of hydrogen-bond acceptors (Lipinski definition) is 5. The number of imidazole rings is 1. The molecule has 0 saturated heterocycles. The lowest BCUT2D eigenvalue weighted by atomic mass is 9.95. The van der Waals surface area contributed by atoms with E-state index in [2.05, 4.69) is 20.6 Å². The van der Waals surface area contributed by atoms with Gasteiger partial charge in [0.15, 0.2) is 5.69 Å². The lowest BCUT2D eigenvalue weighted by molar-refractivity contribution is 0.102. The number of methoxy groups -OCH3 is 1. The maximum absolute atomic E-state index is 13.5. The number of benzene rings is 2. The Hall–Kier alpha value is -3.72. The molecule has 8 nitrogen and oxygen atoms in total. The predicted molar refractivity (Wildman–Crippen MR) is 125 cm³/mol. The largest absolute Gasteiger partial charge is 0.494 e. The van der Waals surface area contributed by atoms with E-state index in [1.54, 1.807) is 36.3 Å². The van der Waals surface area contributed by atoms with Crippen molar-refractivity contribution in [3.8, 4) is 11.4 Å². The van der Waals surface area contributed by atoms with E-state index >= 15 is 0 Å². The molecular formula is C24H22ClFN6O2. The van der Waals surface area contributed by atoms with Gasteiger partial charge in [-0.15, -0.1) is 5.10 Å². The Labute approximate surface area is 200 Å². The molecule has 0 fully saturated rings. The van der Waals surface area contributed by atoms with E-state index in [0.717, 1.165) is 35.5 Å². The monoisotopic (exact) mass is 480 g/mol. The first-order chi connectivity index (χ1) is 16.4. The Kier molecular flexibility index (Phi) is 5.79. The molecule has 1 aliphatic rings. The molecule has 174 valence electrons. The van der Waals surface area contributed by atoms with E-state index < -0.39 is 5.82 Å². The quantitative estimate of drug-likeness (QED) is 0.445. The van der Waals surface area contributed by atoms with Gasteiger partial charge in [0.25, 0.3) is 5.91 Å². The van der Waals surface area contributed by atoms with Crippen molar-refractivity contribution in [2.75, 3.05) is 12.4 Å². The first-order valence-electron chi connectivity index (χ1n) is 10.8. The Balaban J connectivity index is 1.41. The van der Waals surface area contributed by atoms with Gasteiger partial charge in [0.1, 0.15) is 11.6 Å². The van der Waals surface area contributed by atoms with Gasteiger partial charge in [-0.05, 0) is 56.0 Å². The van der Waals surface area contributed by atoms with E-state index in [-0.39, 0.29) is 17.6 Å². The van der Waals surface area contributed by atoms with Crippen molar-refractivity contribution < 1.29 is 13.9 Å². The standard InChI is InChI=1S/C24H22ClFN6O2/c1-14-12-31(13-27-14)20-9-7-16(11-22(20)34-2)28-24(33)23-21-5-3-4-19(32(21)30-29-23)17-8-6-15(26)10-18(17)25/h6-13,19H,3-5H2,1-2H3,(H,28,33). The fourth-order valence-electron chi connectivity index (χ4n) is 4.33. The third-order valence-corrected chi connectivity index (χ3v) is 6.27. The second kappa shape index (κ2) is 8.90. The minimum atomic E-state index is -0.395. The van der Waals surface area contributed by atoms with Gasteiger partial charge in [0.2, 0.25) is 0 Å². The highest BCUT2D eigenvalue weighted by atomic mass is 35.5. The number of rotatable bonds is 5. The van der Waals surface area contributed by atoms with Crippen molar-refractivity contribution >= 4 is 23.2 Å². The Morgan fingerprint density at radius 2 is 2.12 bits per heavy atom. The van der Waals surface area contributed by atoms with E-state index in [9.17, 15) is 9.18 Å². The fraction of sp³-hybridized carbons (Fsp3) is 0.250. The zero-order valence-corrected chi connectivity index (χ0v) is 19.4. The topological polar surface area (TPSA) is 86.9 Å². The molecule has 3 heterocycles. The normalized spacial score (nSPS) is 15.1. The van der Waals surface area contributed by atoms with Gasteiger partial charge in [0.05, 0.1) is 36.6 Å². The van der Waals surface area contributed by atoms with Crippen LogP contribution in [-0.2, 0) is 6.42 Å². The molecule has 4 aromatic rings. The number of nitrogens with one attached hydrogen (secondary N) is 1. The SMILES string of the molecule is COc1cc(NC(=O)c2nnn3c2CCCC3c2ccc(F)cc2Cl)ccc1-n1cnc(C)c1. The molecule has 0 spiro atoms. The van der Waals surface area contributed by atoms with Crippen LogP contribution in [0.25, 0.3) is 5.69 Å². The van der Waals surface area contributed by atoms with Crippen molar-refractivity contribution in [3.63, 3.8) is 0 Å². The molecule has 1 N–H and O–H groups in total. The molecule has 0 aliphatic carbocycles. The van der Waals surface area contributed by atoms with E-state index in [1.165, 1.54) is 12.1 Å². The Morgan fingerprint density at radius 3 is 2.85 bits per heavy atom. The number of aryl methyl sites for hydroxylation is 1. The molecule has 10 heteroatoms. The number of carbonyl (C=O) groups excluding carboxylic acids is 1. The lowest BCUT2D eigenvalue weighted by Gasteiger charge is -2.25. The molecule has 1 aliphatic heterocycles. The summed E-state index contributed by atoms with van der Waals surface area (Å²) < 4.78 is 22.6. The Bertz CT molecular complexity index is 1380. The molecule has 1 amide bonds. The molecule has 2 aromatic heterocycles. The van der Waals surface area contributed by atoms with Crippen molar-refractivity contribution in [2.45, 2.75) is 32.2 Å². The van der Waals surface area contributed by atoms with Crippen LogP contribution in [0.15, 0.2) is 48.9 Å². The predicted octanol–water partition coefficient (Wildman–Crippen LogP) is 4.75. The van der Waals surface area contributed by atoms with Crippen LogP contribution in [0.4, 0.5) is 10.1 Å². The molecule has 0 radical (unpaired) electrons. The minimum Gasteiger partial charge on any atom is -0.494 e. The summed E-state index contributed by atoms with van der Waals surface area (Å²) >= 11 is 6.29. The molecule has 5 rings (SSSR count). The van der Waals surface area contributed by atoms with Crippen LogP contribution in [0.1, 0.15) is 46.3 Å². The van der Waals surface area contributed by atoms with Gasteiger partial charge in [-0.2, -0.15) is 0 Å². The summed E-state index contributed by atoms with van der Waals surface area (Å²) in [5.41, 5.74) is 4.01. The van der Waals surface area contributed by atoms with Crippen LogP contribution in [0.3, 0.4) is 0 Å². The summed E-state index contributed by atoms with van der Waals surface area (Å²) in [5, 5.41) is 11.6. The summed E-state index contributed by atoms with van der Waals surface area (Å²) in [7, 11) is 1.57. The Morgan fingerprint density at radius 1 is 1.26 bits per heavy atom. The van der Waals surface area contributed by atoms with Crippen molar-refractivity contribution in [1.82, 2.24) is 24.5 Å². The number of hydrogen-bond donors (Lipinski definition) is 1. The molecule has 1 atom stereocenters. The smallest absolute Gasteiger partial charge is 0.278 e. The third-order valence-electron chi connectivity index (χ3n) is 5.94. The van der Waals surface area contributed by atoms with Crippen LogP contribution in [-0.4, -0.2) is 37.6 Å². The third kappa shape index (κ3) is 4.03. The van der Waals surface area contributed by atoms with Crippen molar-refractivity contribution in [2.24, 2.45) is 0 Å². The fourth-order valence-corrected chi connectivity index (χ4v) is 4.62. The number of ether oxygens (including phenoxy) is 1. The average Bonchev–Trinajstić information content (AvgIpc) is 3.45. The van der Waals surface area contributed by atoms with Crippen molar-refractivity contribution in [1.29, 1.82) is 0 Å². The summed E-state index contributed by atoms with van der Waals surface area (Å²) in [6.45, 7) is 1.91. The van der Waals surface area contributed by atoms with Gasteiger partial charge < -0.3 is 14.6 Å². The lowest BCUT2D eigenvalue weighted by Crippen LogP contribution is -2.22. The maximum atomic E-state index is 13.5. The minimum absolute atomic E-state index is 0.205. The molecule has 34 heavy (non-hydrogen) atoms. The summed E-state index contributed by atoms with van der Waals surface area (Å²) in [6, 6.07) is 9.52. The molecule has 0 saturated carbocycles. The van der Waals surface area contributed by atoms with Crippen LogP contribution in [0.5, 0.6) is 5.75 Å². The number of aromatic nitrogens is 5. The molecule has 2 aromatic carbocycles. The highest BCUT2D eigenvalue weighted by Gasteiger charge is 2.29. The second-order valence-corrected chi connectivity index (χ2v) is 8.57. The maximum Gasteiger partial charge on any atom is 0.278 e. The number of anilines is 1. The van der Waals surface area contributed by atoms with Crippen LogP contribution >= 0.6 is 11.6 Å². The van der Waals surface area contributed by atoms with E-state index in [1.807, 2.05) is 23.8 Å². The molecule has 1 unspecified atom stereocenters. The number of carbonyl (C=O) groups is 1. The van der Waals surface area contributed by atoms with Gasteiger partial charge in [0, 0.05) is 23.0 Å². The number of halogens is 2. The first-order valence-corrected chi connectivity index (χ1v) is 11.2. The highest BCUT2D eigenvalue weighted by molar-refractivity contribution is 6.31. The average molecular weight is 481 g/mol. The van der Waals surface area contributed by atoms with Crippen molar-refractivity contribution in [3.05, 3.63) is 82.4 Å². The van der Waals surface area contributed by atoms with Crippen LogP contribution in [0, 0.1) is 12.7 Å². The summed E-state index contributed by atoms with van der Waals surface area (Å²) in [6.07, 6.45) is 5.86. The van der Waals surface area contributed by atoms with E-state index in [0.29, 0.717) is 22.9 Å². The number of nitrogens with zero attached hydrogens (tertiary/aromatic N) is 5. The zero-order valence-electron chi connectivity index (χ0n) is 18.6. The van der Waals surface area contributed by atoms with Gasteiger partial charge in [-0.3, -0.25) is 4.79 Å². The summed E-state index contributed by atoms with van der Waals surface area (Å²) in [5.74, 6) is -0.167. The number of fused-ring (bicyclic) bond motifs is 1. The number of amides is 1.